The standard InChI is InChI=1S/C13H17N3O3S.C2H6/c1-20-11-14-6-8(10(17)18)9(15-11)16-12-2-4-13(19,7-12)5-3-12;1-2/h6,19H,2-5,7H2,1H3,(H,17,18)(H,14,15,16);1-2H3. The number of aliphatic hydroxyl groups is 1. The summed E-state index contributed by atoms with van der Waals surface area (Å²) < 4.78 is 0. The van der Waals surface area contributed by atoms with Crippen LogP contribution in [-0.4, -0.2) is 43.5 Å². The lowest BCUT2D eigenvalue weighted by molar-refractivity contribution is 0.0521. The molecule has 0 aliphatic heterocycles. The number of thioether (sulfide) groups is 1. The van der Waals surface area contributed by atoms with E-state index in [1.54, 1.807) is 0 Å². The van der Waals surface area contributed by atoms with Crippen molar-refractivity contribution in [2.24, 2.45) is 0 Å². The van der Waals surface area contributed by atoms with Crippen molar-refractivity contribution in [2.75, 3.05) is 11.6 Å². The summed E-state index contributed by atoms with van der Waals surface area (Å²) in [4.78, 5) is 19.6. The molecular weight excluding hydrogens is 302 g/mol. The van der Waals surface area contributed by atoms with Gasteiger partial charge in [0.1, 0.15) is 11.4 Å². The van der Waals surface area contributed by atoms with Crippen LogP contribution < -0.4 is 5.32 Å². The van der Waals surface area contributed by atoms with Crippen molar-refractivity contribution in [3.63, 3.8) is 0 Å². The third kappa shape index (κ3) is 3.20. The van der Waals surface area contributed by atoms with Gasteiger partial charge in [-0.2, -0.15) is 0 Å². The minimum atomic E-state index is -1.04. The van der Waals surface area contributed by atoms with Gasteiger partial charge in [0.2, 0.25) is 0 Å². The molecule has 0 aromatic carbocycles. The van der Waals surface area contributed by atoms with Crippen LogP contribution in [0.15, 0.2) is 11.4 Å². The highest BCUT2D eigenvalue weighted by Crippen LogP contribution is 2.52. The first-order chi connectivity index (χ1) is 10.5. The van der Waals surface area contributed by atoms with E-state index in [4.69, 9.17) is 0 Å². The van der Waals surface area contributed by atoms with Crippen molar-refractivity contribution in [1.82, 2.24) is 9.97 Å². The van der Waals surface area contributed by atoms with Crippen LogP contribution in [-0.2, 0) is 0 Å². The number of carbonyl (C=O) groups is 1. The van der Waals surface area contributed by atoms with Crippen LogP contribution in [0, 0.1) is 0 Å². The number of hydrogen-bond donors (Lipinski definition) is 3. The van der Waals surface area contributed by atoms with Gasteiger partial charge in [0.25, 0.3) is 0 Å². The first-order valence-corrected chi connectivity index (χ1v) is 8.83. The Labute approximate surface area is 134 Å². The van der Waals surface area contributed by atoms with Gasteiger partial charge in [-0.1, -0.05) is 25.6 Å². The number of rotatable bonds is 4. The quantitative estimate of drug-likeness (QED) is 0.578. The maximum absolute atomic E-state index is 11.3. The Morgan fingerprint density at radius 2 is 1.95 bits per heavy atom. The van der Waals surface area contributed by atoms with Gasteiger partial charge in [0.15, 0.2) is 5.16 Å². The molecule has 7 heteroatoms. The molecule has 0 radical (unpaired) electrons. The smallest absolute Gasteiger partial charge is 0.341 e. The van der Waals surface area contributed by atoms with Crippen LogP contribution in [0.5, 0.6) is 0 Å². The summed E-state index contributed by atoms with van der Waals surface area (Å²) in [5.74, 6) is -0.675. The van der Waals surface area contributed by atoms with Crippen LogP contribution in [0.3, 0.4) is 0 Å². The zero-order valence-corrected chi connectivity index (χ0v) is 14.0. The number of carboxylic acids is 1. The number of aromatic carboxylic acids is 1. The van der Waals surface area contributed by atoms with Gasteiger partial charge in [0, 0.05) is 11.7 Å². The Hall–Kier alpha value is -1.34. The van der Waals surface area contributed by atoms with Crippen molar-refractivity contribution < 1.29 is 15.0 Å². The highest BCUT2D eigenvalue weighted by Gasteiger charge is 2.53. The van der Waals surface area contributed by atoms with E-state index in [9.17, 15) is 15.0 Å². The fraction of sp³-hybridized carbons (Fsp3) is 0.667. The summed E-state index contributed by atoms with van der Waals surface area (Å²) in [7, 11) is 0. The summed E-state index contributed by atoms with van der Waals surface area (Å²) in [6, 6.07) is 0. The molecular formula is C15H23N3O3S. The van der Waals surface area contributed by atoms with E-state index in [-0.39, 0.29) is 11.1 Å². The van der Waals surface area contributed by atoms with Crippen LogP contribution in [0.1, 0.15) is 56.3 Å². The number of hydrogen-bond acceptors (Lipinski definition) is 6. The number of anilines is 1. The van der Waals surface area contributed by atoms with Gasteiger partial charge < -0.3 is 15.5 Å². The predicted octanol–water partition coefficient (Wildman–Crippen LogP) is 2.78. The first-order valence-electron chi connectivity index (χ1n) is 7.60. The van der Waals surface area contributed by atoms with Crippen LogP contribution in [0.25, 0.3) is 0 Å². The molecule has 6 nitrogen and oxygen atoms in total. The fourth-order valence-corrected chi connectivity index (χ4v) is 3.65. The van der Waals surface area contributed by atoms with E-state index in [2.05, 4.69) is 15.3 Å². The number of carboxylic acid groups (broad SMARTS) is 1. The second kappa shape index (κ2) is 6.42. The summed E-state index contributed by atoms with van der Waals surface area (Å²) >= 11 is 1.37. The highest BCUT2D eigenvalue weighted by molar-refractivity contribution is 7.98. The molecule has 0 atom stereocenters. The van der Waals surface area contributed by atoms with Crippen molar-refractivity contribution in [3.05, 3.63) is 11.8 Å². The van der Waals surface area contributed by atoms with Crippen molar-refractivity contribution >= 4 is 23.5 Å². The Morgan fingerprint density at radius 3 is 2.41 bits per heavy atom. The van der Waals surface area contributed by atoms with Crippen LogP contribution >= 0.6 is 11.8 Å². The molecule has 1 heterocycles. The number of aromatic nitrogens is 2. The molecule has 0 spiro atoms. The zero-order valence-electron chi connectivity index (χ0n) is 13.2. The monoisotopic (exact) mass is 325 g/mol. The van der Waals surface area contributed by atoms with Crippen molar-refractivity contribution in [2.45, 2.75) is 62.2 Å². The minimum absolute atomic E-state index is 0.0829. The van der Waals surface area contributed by atoms with Crippen molar-refractivity contribution in [1.29, 1.82) is 0 Å². The van der Waals surface area contributed by atoms with Gasteiger partial charge in [-0.25, -0.2) is 14.8 Å². The van der Waals surface area contributed by atoms with Gasteiger partial charge >= 0.3 is 5.97 Å². The molecule has 2 saturated carbocycles. The Bertz CT molecular complexity index is 557. The van der Waals surface area contributed by atoms with Gasteiger partial charge in [-0.15, -0.1) is 0 Å². The van der Waals surface area contributed by atoms with E-state index in [1.807, 2.05) is 20.1 Å². The average Bonchev–Trinajstić information content (AvgIpc) is 3.02. The van der Waals surface area contributed by atoms with E-state index in [0.717, 1.165) is 25.7 Å². The summed E-state index contributed by atoms with van der Waals surface area (Å²) in [5.41, 5.74) is -0.714. The third-order valence-corrected chi connectivity index (χ3v) is 4.93. The second-order valence-corrected chi connectivity index (χ2v) is 6.50. The SMILES string of the molecule is CC.CSc1ncc(C(=O)O)c(NC23CCC(O)(CC2)C3)n1. The number of nitrogens with zero attached hydrogens (tertiary/aromatic N) is 2. The molecule has 2 fully saturated rings. The summed E-state index contributed by atoms with van der Waals surface area (Å²) in [6.07, 6.45) is 7.09. The highest BCUT2D eigenvalue weighted by atomic mass is 32.2. The summed E-state index contributed by atoms with van der Waals surface area (Å²) in [5, 5.41) is 23.3. The molecule has 2 aliphatic carbocycles. The van der Waals surface area contributed by atoms with Crippen LogP contribution in [0.2, 0.25) is 0 Å². The largest absolute Gasteiger partial charge is 0.477 e. The second-order valence-electron chi connectivity index (χ2n) is 5.73. The lowest BCUT2D eigenvalue weighted by Gasteiger charge is -2.29. The van der Waals surface area contributed by atoms with E-state index in [0.29, 0.717) is 17.4 Å². The van der Waals surface area contributed by atoms with Crippen LogP contribution in [0.4, 0.5) is 5.82 Å². The molecule has 1 aromatic heterocycles. The van der Waals surface area contributed by atoms with Gasteiger partial charge in [-0.3, -0.25) is 0 Å². The fourth-order valence-electron chi connectivity index (χ4n) is 3.31. The van der Waals surface area contributed by atoms with Crippen molar-refractivity contribution in [3.8, 4) is 0 Å². The zero-order chi connectivity index (χ0) is 16.4. The van der Waals surface area contributed by atoms with E-state index >= 15 is 0 Å². The minimum Gasteiger partial charge on any atom is -0.477 e. The maximum Gasteiger partial charge on any atom is 0.341 e. The molecule has 22 heavy (non-hydrogen) atoms. The molecule has 0 amide bonds. The molecule has 3 rings (SSSR count). The molecule has 1 aromatic rings. The van der Waals surface area contributed by atoms with Gasteiger partial charge in [0.05, 0.1) is 5.60 Å². The molecule has 2 bridgehead atoms. The summed E-state index contributed by atoms with van der Waals surface area (Å²) in [6.45, 7) is 4.00. The Kier molecular flexibility index (Phi) is 4.97. The van der Waals surface area contributed by atoms with Gasteiger partial charge in [-0.05, 0) is 38.4 Å². The van der Waals surface area contributed by atoms with E-state index in [1.165, 1.54) is 18.0 Å². The molecule has 3 N–H and O–H groups in total. The first kappa shape index (κ1) is 17.0. The number of fused-ring (bicyclic) bond motifs is 2. The average molecular weight is 325 g/mol. The Balaban J connectivity index is 0.000000847. The molecule has 2 aliphatic rings. The number of nitrogens with one attached hydrogen (secondary N) is 1. The third-order valence-electron chi connectivity index (χ3n) is 4.37. The molecule has 0 saturated heterocycles. The normalized spacial score (nSPS) is 28.9. The molecule has 0 unspecified atom stereocenters. The topological polar surface area (TPSA) is 95.3 Å². The lowest BCUT2D eigenvalue weighted by Crippen LogP contribution is -2.34. The maximum atomic E-state index is 11.3. The molecule has 122 valence electrons. The van der Waals surface area contributed by atoms with E-state index < -0.39 is 11.6 Å². The Morgan fingerprint density at radius 1 is 1.32 bits per heavy atom. The predicted molar refractivity (Wildman–Crippen MR) is 86.5 cm³/mol. The lowest BCUT2D eigenvalue weighted by atomic mass is 9.92.